The van der Waals surface area contributed by atoms with Gasteiger partial charge >= 0.3 is 0 Å². The van der Waals surface area contributed by atoms with Crippen molar-refractivity contribution in [3.05, 3.63) is 66.9 Å². The van der Waals surface area contributed by atoms with Gasteiger partial charge in [-0.15, -0.1) is 0 Å². The Morgan fingerprint density at radius 1 is 0.737 bits per heavy atom. The molecule has 19 heavy (non-hydrogen) atoms. The van der Waals surface area contributed by atoms with Gasteiger partial charge in [0.1, 0.15) is 11.2 Å². The van der Waals surface area contributed by atoms with Crippen molar-refractivity contribution < 1.29 is 13.9 Å². The first-order valence-corrected chi connectivity index (χ1v) is 5.93. The molecule has 0 amide bonds. The summed E-state index contributed by atoms with van der Waals surface area (Å²) in [4.78, 5) is 0. The van der Waals surface area contributed by atoms with E-state index in [1.165, 1.54) is 0 Å². The predicted molar refractivity (Wildman–Crippen MR) is 74.1 cm³/mol. The maximum atomic E-state index is 8.89. The number of fused-ring (bicyclic) bond motifs is 2. The fourth-order valence-electron chi connectivity index (χ4n) is 1.87. The molecular formula is C16H12O3. The minimum Gasteiger partial charge on any atom is -0.481 e. The van der Waals surface area contributed by atoms with Gasteiger partial charge < -0.3 is 13.9 Å². The highest BCUT2D eigenvalue weighted by atomic mass is 16.5. The van der Waals surface area contributed by atoms with Crippen molar-refractivity contribution in [3.63, 3.8) is 0 Å². The summed E-state index contributed by atoms with van der Waals surface area (Å²) < 4.78 is 10.0. The maximum absolute atomic E-state index is 8.89. The molecule has 0 aliphatic carbocycles. The standard InChI is InChI=1S/C8H6O2.C8H6O/c9-8-5-6-3-1-2-4-7(6)10-8;1-2-4-8-7(3-1)5-6-9-8/h1-5,9H;1-6H. The average molecular weight is 252 g/mol. The fraction of sp³-hybridized carbons (Fsp3) is 0. The molecule has 0 atom stereocenters. The van der Waals surface area contributed by atoms with Gasteiger partial charge in [-0.25, -0.2) is 0 Å². The molecule has 2 aromatic heterocycles. The van der Waals surface area contributed by atoms with Crippen LogP contribution in [-0.2, 0) is 0 Å². The van der Waals surface area contributed by atoms with Gasteiger partial charge in [-0.1, -0.05) is 36.4 Å². The summed E-state index contributed by atoms with van der Waals surface area (Å²) in [5, 5.41) is 11.0. The van der Waals surface area contributed by atoms with Crippen LogP contribution in [0.2, 0.25) is 0 Å². The Balaban J connectivity index is 0.000000117. The lowest BCUT2D eigenvalue weighted by Crippen LogP contribution is -1.57. The van der Waals surface area contributed by atoms with Crippen LogP contribution < -0.4 is 0 Å². The molecule has 2 heterocycles. The SMILES string of the molecule is Oc1cc2ccccc2o1.c1ccc2occc2c1. The van der Waals surface area contributed by atoms with Crippen LogP contribution in [0.5, 0.6) is 5.95 Å². The van der Waals surface area contributed by atoms with Crippen molar-refractivity contribution in [3.8, 4) is 5.95 Å². The lowest BCUT2D eigenvalue weighted by atomic mass is 10.3. The summed E-state index contributed by atoms with van der Waals surface area (Å²) >= 11 is 0. The van der Waals surface area contributed by atoms with Crippen LogP contribution in [0.4, 0.5) is 0 Å². The molecule has 2 aromatic carbocycles. The van der Waals surface area contributed by atoms with Crippen molar-refractivity contribution in [2.75, 3.05) is 0 Å². The second kappa shape index (κ2) is 4.90. The van der Waals surface area contributed by atoms with Crippen LogP contribution in [0, 0.1) is 0 Å². The third-order valence-electron chi connectivity index (χ3n) is 2.77. The molecule has 3 heteroatoms. The van der Waals surface area contributed by atoms with Gasteiger partial charge in [0, 0.05) is 16.8 Å². The molecule has 4 rings (SSSR count). The Bertz CT molecular complexity index is 732. The second-order valence-electron chi connectivity index (χ2n) is 4.08. The molecule has 94 valence electrons. The van der Waals surface area contributed by atoms with Crippen molar-refractivity contribution in [2.45, 2.75) is 0 Å². The highest BCUT2D eigenvalue weighted by molar-refractivity contribution is 5.78. The van der Waals surface area contributed by atoms with Crippen molar-refractivity contribution in [2.24, 2.45) is 0 Å². The first-order valence-electron chi connectivity index (χ1n) is 5.93. The fourth-order valence-corrected chi connectivity index (χ4v) is 1.87. The minimum absolute atomic E-state index is 0.0267. The van der Waals surface area contributed by atoms with Gasteiger partial charge in [-0.3, -0.25) is 0 Å². The monoisotopic (exact) mass is 252 g/mol. The summed E-state index contributed by atoms with van der Waals surface area (Å²) in [6.07, 6.45) is 1.70. The number of benzene rings is 2. The van der Waals surface area contributed by atoms with Gasteiger partial charge in [-0.2, -0.15) is 0 Å². The summed E-state index contributed by atoms with van der Waals surface area (Å²) in [6.45, 7) is 0. The lowest BCUT2D eigenvalue weighted by molar-refractivity contribution is 0.346. The Kier molecular flexibility index (Phi) is 2.94. The smallest absolute Gasteiger partial charge is 0.282 e. The highest BCUT2D eigenvalue weighted by Crippen LogP contribution is 2.22. The first-order chi connectivity index (χ1) is 9.33. The Morgan fingerprint density at radius 2 is 1.42 bits per heavy atom. The van der Waals surface area contributed by atoms with E-state index in [-0.39, 0.29) is 5.95 Å². The van der Waals surface area contributed by atoms with Crippen molar-refractivity contribution in [1.82, 2.24) is 0 Å². The zero-order chi connectivity index (χ0) is 13.1. The molecule has 4 aromatic rings. The molecule has 0 radical (unpaired) electrons. The molecule has 0 unspecified atom stereocenters. The van der Waals surface area contributed by atoms with E-state index in [4.69, 9.17) is 13.9 Å². The minimum atomic E-state index is -0.0267. The molecule has 0 aliphatic heterocycles. The summed E-state index contributed by atoms with van der Waals surface area (Å²) in [7, 11) is 0. The lowest BCUT2D eigenvalue weighted by Gasteiger charge is -1.81. The molecule has 0 aliphatic rings. The van der Waals surface area contributed by atoms with Crippen LogP contribution in [0.3, 0.4) is 0 Å². The topological polar surface area (TPSA) is 46.5 Å². The van der Waals surface area contributed by atoms with E-state index in [0.29, 0.717) is 0 Å². The molecule has 0 saturated carbocycles. The average Bonchev–Trinajstić information content (AvgIpc) is 3.03. The van der Waals surface area contributed by atoms with E-state index in [0.717, 1.165) is 21.9 Å². The molecule has 0 bridgehead atoms. The molecule has 1 N–H and O–H groups in total. The van der Waals surface area contributed by atoms with E-state index >= 15 is 0 Å². The molecule has 0 saturated heterocycles. The molecule has 0 spiro atoms. The third kappa shape index (κ3) is 2.45. The number of para-hydroxylation sites is 2. The maximum Gasteiger partial charge on any atom is 0.282 e. The summed E-state index contributed by atoms with van der Waals surface area (Å²) in [5.41, 5.74) is 1.68. The van der Waals surface area contributed by atoms with Crippen LogP contribution in [-0.4, -0.2) is 5.11 Å². The molecule has 3 nitrogen and oxygen atoms in total. The Hall–Kier alpha value is -2.68. The van der Waals surface area contributed by atoms with Crippen LogP contribution >= 0.6 is 0 Å². The van der Waals surface area contributed by atoms with E-state index in [1.807, 2.05) is 54.6 Å². The number of furan rings is 2. The van der Waals surface area contributed by atoms with Gasteiger partial charge in [0.25, 0.3) is 5.95 Å². The Morgan fingerprint density at radius 3 is 2.16 bits per heavy atom. The molecular weight excluding hydrogens is 240 g/mol. The molecule has 0 fully saturated rings. The normalized spacial score (nSPS) is 10.3. The van der Waals surface area contributed by atoms with Crippen molar-refractivity contribution >= 4 is 21.9 Å². The van der Waals surface area contributed by atoms with Gasteiger partial charge in [-0.05, 0) is 18.2 Å². The van der Waals surface area contributed by atoms with Crippen LogP contribution in [0.1, 0.15) is 0 Å². The van der Waals surface area contributed by atoms with Gasteiger partial charge in [0.2, 0.25) is 0 Å². The van der Waals surface area contributed by atoms with E-state index in [9.17, 15) is 0 Å². The summed E-state index contributed by atoms with van der Waals surface area (Å²) in [6, 6.07) is 19.0. The van der Waals surface area contributed by atoms with E-state index in [2.05, 4.69) is 0 Å². The second-order valence-corrected chi connectivity index (χ2v) is 4.08. The quantitative estimate of drug-likeness (QED) is 0.498. The zero-order valence-electron chi connectivity index (χ0n) is 10.1. The van der Waals surface area contributed by atoms with Crippen LogP contribution in [0.25, 0.3) is 21.9 Å². The van der Waals surface area contributed by atoms with Gasteiger partial charge in [0.15, 0.2) is 0 Å². The number of rotatable bonds is 0. The third-order valence-corrected chi connectivity index (χ3v) is 2.77. The zero-order valence-corrected chi connectivity index (χ0v) is 10.1. The van der Waals surface area contributed by atoms with Gasteiger partial charge in [0.05, 0.1) is 6.26 Å². The van der Waals surface area contributed by atoms with E-state index in [1.54, 1.807) is 12.3 Å². The van der Waals surface area contributed by atoms with Crippen LogP contribution in [0.15, 0.2) is 75.8 Å². The number of aromatic hydroxyl groups is 1. The predicted octanol–water partition coefficient (Wildman–Crippen LogP) is 4.57. The number of hydrogen-bond acceptors (Lipinski definition) is 3. The van der Waals surface area contributed by atoms with E-state index < -0.39 is 0 Å². The number of hydrogen-bond donors (Lipinski definition) is 1. The largest absolute Gasteiger partial charge is 0.481 e. The first kappa shape index (κ1) is 11.4. The highest BCUT2D eigenvalue weighted by Gasteiger charge is 1.97. The van der Waals surface area contributed by atoms with Crippen molar-refractivity contribution in [1.29, 1.82) is 0 Å². The summed E-state index contributed by atoms with van der Waals surface area (Å²) in [5.74, 6) is -0.0267. The Labute approximate surface area is 109 Å².